The van der Waals surface area contributed by atoms with E-state index in [9.17, 15) is 21.6 Å². The van der Waals surface area contributed by atoms with E-state index in [-0.39, 0.29) is 29.6 Å². The molecule has 0 aromatic carbocycles. The Morgan fingerprint density at radius 2 is 1.60 bits per heavy atom. The molecule has 0 atom stereocenters. The van der Waals surface area contributed by atoms with E-state index in [1.807, 2.05) is 0 Å². The van der Waals surface area contributed by atoms with Crippen molar-refractivity contribution < 1.29 is 25.8 Å². The zero-order valence-electron chi connectivity index (χ0n) is 4.27. The van der Waals surface area contributed by atoms with Crippen LogP contribution in [0.3, 0.4) is 0 Å². The summed E-state index contributed by atoms with van der Waals surface area (Å²) in [5.74, 6) is 0. The van der Waals surface area contributed by atoms with Crippen LogP contribution in [-0.2, 0) is 14.3 Å². The molecule has 0 aliphatic rings. The monoisotopic (exact) mass is 188 g/mol. The summed E-state index contributed by atoms with van der Waals surface area (Å²) in [6.07, 6.45) is -4.78. The van der Waals surface area contributed by atoms with Gasteiger partial charge in [-0.1, -0.05) is 0 Å². The number of alkyl halides is 3. The molecular weight excluding hydrogens is 184 g/mol. The van der Waals surface area contributed by atoms with Crippen LogP contribution < -0.4 is 0 Å². The fourth-order valence-corrected chi connectivity index (χ4v) is 0.515. The van der Waals surface area contributed by atoms with Crippen molar-refractivity contribution in [2.75, 3.05) is 6.26 Å². The van der Waals surface area contributed by atoms with Crippen molar-refractivity contribution in [3.63, 3.8) is 0 Å². The normalized spacial score (nSPS) is 12.4. The predicted molar refractivity (Wildman–Crippen MR) is 29.1 cm³/mol. The number of halogens is 3. The molecule has 8 heteroatoms. The second-order valence-corrected chi connectivity index (χ2v) is 2.81. The van der Waals surface area contributed by atoms with Crippen LogP contribution in [0.25, 0.3) is 0 Å². The van der Waals surface area contributed by atoms with Crippen LogP contribution in [0.5, 0.6) is 0 Å². The number of hydrogen-bond acceptors (Lipinski definition) is 3. The minimum atomic E-state index is -5.10. The van der Waals surface area contributed by atoms with E-state index in [0.717, 1.165) is 0 Å². The van der Waals surface area contributed by atoms with Crippen molar-refractivity contribution in [1.29, 1.82) is 0 Å². The van der Waals surface area contributed by atoms with Gasteiger partial charge in [-0.25, -0.2) is 0 Å². The first-order valence-electron chi connectivity index (χ1n) is 1.68. The molecule has 0 heterocycles. The molecule has 0 radical (unpaired) electrons. The summed E-state index contributed by atoms with van der Waals surface area (Å²) in [7, 11) is -4.41. The molecule has 0 saturated heterocycles. The molecule has 0 aromatic rings. The molecule has 0 amide bonds. The number of hydrogen-bond donors (Lipinski definition) is 0. The van der Waals surface area contributed by atoms with E-state index < -0.39 is 16.5 Å². The fourth-order valence-electron chi connectivity index (χ4n) is 0.172. The molecule has 0 saturated carbocycles. The SMILES string of the molecule is CS(=O)(=O)OC(F)(F)F.[NaH]. The van der Waals surface area contributed by atoms with Crippen LogP contribution in [0.15, 0.2) is 0 Å². The Balaban J connectivity index is 0. The van der Waals surface area contributed by atoms with Gasteiger partial charge in [-0.2, -0.15) is 12.6 Å². The van der Waals surface area contributed by atoms with E-state index in [1.54, 1.807) is 0 Å². The quantitative estimate of drug-likeness (QED) is 0.424. The summed E-state index contributed by atoms with van der Waals surface area (Å²) in [6.45, 7) is 0. The molecule has 3 nitrogen and oxygen atoms in total. The van der Waals surface area contributed by atoms with Gasteiger partial charge in [0, 0.05) is 0 Å². The predicted octanol–water partition coefficient (Wildman–Crippen LogP) is -0.166. The zero-order valence-corrected chi connectivity index (χ0v) is 5.08. The van der Waals surface area contributed by atoms with Gasteiger partial charge >= 0.3 is 35.9 Å². The van der Waals surface area contributed by atoms with Crippen molar-refractivity contribution in [2.45, 2.75) is 6.36 Å². The Morgan fingerprint density at radius 3 is 1.60 bits per heavy atom. The maximum absolute atomic E-state index is 11.0. The zero-order chi connectivity index (χ0) is 7.71. The van der Waals surface area contributed by atoms with Gasteiger partial charge in [0.15, 0.2) is 0 Å². The van der Waals surface area contributed by atoms with Crippen molar-refractivity contribution in [3.05, 3.63) is 0 Å². The summed E-state index contributed by atoms with van der Waals surface area (Å²) < 4.78 is 54.9. The Morgan fingerprint density at radius 1 is 1.30 bits per heavy atom. The van der Waals surface area contributed by atoms with Crippen molar-refractivity contribution in [3.8, 4) is 0 Å². The van der Waals surface area contributed by atoms with E-state index >= 15 is 0 Å². The average Bonchev–Trinajstić information content (AvgIpc) is 1.14. The summed E-state index contributed by atoms with van der Waals surface area (Å²) >= 11 is 0. The first-order valence-corrected chi connectivity index (χ1v) is 3.50. The molecule has 0 aromatic heterocycles. The van der Waals surface area contributed by atoms with Crippen molar-refractivity contribution in [2.24, 2.45) is 0 Å². The maximum atomic E-state index is 11.0. The van der Waals surface area contributed by atoms with E-state index in [2.05, 4.69) is 4.18 Å². The van der Waals surface area contributed by atoms with E-state index in [0.29, 0.717) is 6.26 Å². The van der Waals surface area contributed by atoms with Gasteiger partial charge in [0.2, 0.25) is 0 Å². The molecule has 58 valence electrons. The summed E-state index contributed by atoms with van der Waals surface area (Å²) in [5, 5.41) is 0. The molecule has 0 aliphatic heterocycles. The van der Waals surface area contributed by atoms with Crippen LogP contribution in [-0.4, -0.2) is 50.6 Å². The van der Waals surface area contributed by atoms with Gasteiger partial charge in [-0.15, -0.1) is 13.2 Å². The molecule has 0 aliphatic carbocycles. The molecule has 0 unspecified atom stereocenters. The Hall–Kier alpha value is 0.700. The molecule has 10 heavy (non-hydrogen) atoms. The molecule has 0 spiro atoms. The van der Waals surface area contributed by atoms with Gasteiger partial charge < -0.3 is 0 Å². The van der Waals surface area contributed by atoms with Gasteiger partial charge in [-0.05, 0) is 0 Å². The fraction of sp³-hybridized carbons (Fsp3) is 1.00. The topological polar surface area (TPSA) is 43.4 Å². The van der Waals surface area contributed by atoms with Crippen molar-refractivity contribution in [1.82, 2.24) is 0 Å². The Bertz CT molecular complexity index is 182. The first kappa shape index (κ1) is 13.3. The summed E-state index contributed by atoms with van der Waals surface area (Å²) in [4.78, 5) is 0. The molecule has 0 fully saturated rings. The third-order valence-electron chi connectivity index (χ3n) is 0.246. The van der Waals surface area contributed by atoms with Crippen molar-refractivity contribution >= 4 is 39.7 Å². The van der Waals surface area contributed by atoms with Gasteiger partial charge in [0.05, 0.1) is 6.26 Å². The first-order chi connectivity index (χ1) is 3.71. The Labute approximate surface area is 78.0 Å². The van der Waals surface area contributed by atoms with Gasteiger partial charge in [0.1, 0.15) is 0 Å². The van der Waals surface area contributed by atoms with Crippen LogP contribution >= 0.6 is 0 Å². The van der Waals surface area contributed by atoms with Crippen LogP contribution in [0, 0.1) is 0 Å². The van der Waals surface area contributed by atoms with E-state index in [1.165, 1.54) is 0 Å². The standard InChI is InChI=1S/C2H3F3O3S.Na.H/c1-9(6,7)8-2(3,4)5;;/h1H3;;. The minimum absolute atomic E-state index is 0. The van der Waals surface area contributed by atoms with Gasteiger partial charge in [-0.3, -0.25) is 0 Å². The summed E-state index contributed by atoms with van der Waals surface area (Å²) in [6, 6.07) is 0. The van der Waals surface area contributed by atoms with Crippen LogP contribution in [0.2, 0.25) is 0 Å². The van der Waals surface area contributed by atoms with Gasteiger partial charge in [0.25, 0.3) is 10.1 Å². The Kier molecular flexibility index (Phi) is 5.20. The summed E-state index contributed by atoms with van der Waals surface area (Å²) in [5.41, 5.74) is 0. The van der Waals surface area contributed by atoms with E-state index in [4.69, 9.17) is 0 Å². The average molecular weight is 188 g/mol. The molecule has 0 N–H and O–H groups in total. The third kappa shape index (κ3) is 11.5. The molecular formula is C2H4F3NaO3S. The van der Waals surface area contributed by atoms with Crippen LogP contribution in [0.4, 0.5) is 13.2 Å². The molecule has 0 rings (SSSR count). The number of rotatable bonds is 1. The second kappa shape index (κ2) is 3.91. The second-order valence-electron chi connectivity index (χ2n) is 1.23. The molecule has 0 bridgehead atoms. The third-order valence-corrected chi connectivity index (χ3v) is 0.738. The van der Waals surface area contributed by atoms with Crippen LogP contribution in [0.1, 0.15) is 0 Å².